The summed E-state index contributed by atoms with van der Waals surface area (Å²) in [4.78, 5) is 14.6. The summed E-state index contributed by atoms with van der Waals surface area (Å²) >= 11 is 0. The van der Waals surface area contributed by atoms with Crippen LogP contribution in [0.5, 0.6) is 0 Å². The number of amides is 1. The van der Waals surface area contributed by atoms with E-state index >= 15 is 0 Å². The molecule has 0 spiro atoms. The molecule has 1 amide bonds. The molecule has 6 nitrogen and oxygen atoms in total. The molecule has 24 heavy (non-hydrogen) atoms. The molecule has 1 N–H and O–H groups in total. The van der Waals surface area contributed by atoms with E-state index in [0.717, 1.165) is 44.7 Å². The standard InChI is InChI=1S/C18H29N3O3/c1-13(2)17-16(11-19-20-17)18(22)21-8-6-14(7-9-21)24-12-15-5-3-4-10-23-15/h11,13-15H,3-10,12H2,1-2H3,(H,19,20)/t15-/m1/s1. The molecule has 0 unspecified atom stereocenters. The van der Waals surface area contributed by atoms with Crippen LogP contribution in [0.3, 0.4) is 0 Å². The van der Waals surface area contributed by atoms with Gasteiger partial charge in [0, 0.05) is 19.7 Å². The quantitative estimate of drug-likeness (QED) is 0.898. The molecule has 2 aliphatic rings. The molecule has 6 heteroatoms. The summed E-state index contributed by atoms with van der Waals surface area (Å²) in [5.74, 6) is 0.351. The van der Waals surface area contributed by atoms with Gasteiger partial charge < -0.3 is 14.4 Å². The lowest BCUT2D eigenvalue weighted by Gasteiger charge is -2.33. The van der Waals surface area contributed by atoms with Crippen molar-refractivity contribution in [1.82, 2.24) is 15.1 Å². The number of aromatic nitrogens is 2. The maximum absolute atomic E-state index is 12.7. The van der Waals surface area contributed by atoms with Crippen molar-refractivity contribution >= 4 is 5.91 Å². The maximum Gasteiger partial charge on any atom is 0.257 e. The third-order valence-electron chi connectivity index (χ3n) is 5.00. The summed E-state index contributed by atoms with van der Waals surface area (Å²) in [5.41, 5.74) is 1.63. The van der Waals surface area contributed by atoms with Gasteiger partial charge in [-0.15, -0.1) is 0 Å². The smallest absolute Gasteiger partial charge is 0.257 e. The Labute approximate surface area is 143 Å². The van der Waals surface area contributed by atoms with Crippen LogP contribution < -0.4 is 0 Å². The molecular formula is C18H29N3O3. The van der Waals surface area contributed by atoms with Crippen LogP contribution >= 0.6 is 0 Å². The first-order chi connectivity index (χ1) is 11.6. The van der Waals surface area contributed by atoms with Gasteiger partial charge in [-0.2, -0.15) is 5.10 Å². The molecule has 1 aromatic heterocycles. The van der Waals surface area contributed by atoms with Crippen molar-refractivity contribution < 1.29 is 14.3 Å². The minimum Gasteiger partial charge on any atom is -0.376 e. The SMILES string of the molecule is CC(C)c1[nH]ncc1C(=O)N1CCC(OC[C@H]2CCCCO2)CC1. The van der Waals surface area contributed by atoms with Gasteiger partial charge in [0.15, 0.2) is 0 Å². The summed E-state index contributed by atoms with van der Waals surface area (Å²) in [6.07, 6.45) is 7.47. The number of hydrogen-bond donors (Lipinski definition) is 1. The fourth-order valence-electron chi connectivity index (χ4n) is 3.48. The fourth-order valence-corrected chi connectivity index (χ4v) is 3.48. The van der Waals surface area contributed by atoms with Gasteiger partial charge >= 0.3 is 0 Å². The van der Waals surface area contributed by atoms with Crippen LogP contribution in [0.15, 0.2) is 6.20 Å². The van der Waals surface area contributed by atoms with Gasteiger partial charge in [-0.1, -0.05) is 13.8 Å². The number of ether oxygens (including phenoxy) is 2. The zero-order valence-corrected chi connectivity index (χ0v) is 14.8. The summed E-state index contributed by atoms with van der Waals surface area (Å²) in [6, 6.07) is 0. The van der Waals surface area contributed by atoms with E-state index in [1.54, 1.807) is 6.20 Å². The Morgan fingerprint density at radius 2 is 2.17 bits per heavy atom. The number of nitrogens with one attached hydrogen (secondary N) is 1. The highest BCUT2D eigenvalue weighted by molar-refractivity contribution is 5.95. The largest absolute Gasteiger partial charge is 0.376 e. The number of piperidine rings is 1. The van der Waals surface area contributed by atoms with E-state index in [1.807, 2.05) is 4.90 Å². The van der Waals surface area contributed by atoms with E-state index in [-0.39, 0.29) is 24.0 Å². The molecule has 3 heterocycles. The third kappa shape index (κ3) is 4.16. The van der Waals surface area contributed by atoms with E-state index in [0.29, 0.717) is 12.2 Å². The third-order valence-corrected chi connectivity index (χ3v) is 5.00. The zero-order chi connectivity index (χ0) is 16.9. The first-order valence-corrected chi connectivity index (χ1v) is 9.21. The van der Waals surface area contributed by atoms with Gasteiger partial charge in [0.1, 0.15) is 0 Å². The summed E-state index contributed by atoms with van der Waals surface area (Å²) in [7, 11) is 0. The van der Waals surface area contributed by atoms with Gasteiger partial charge in [0.2, 0.25) is 0 Å². The predicted molar refractivity (Wildman–Crippen MR) is 91.1 cm³/mol. The normalized spacial score (nSPS) is 23.0. The number of rotatable bonds is 5. The number of carbonyl (C=O) groups excluding carboxylic acids is 1. The van der Waals surface area contributed by atoms with Gasteiger partial charge in [-0.05, 0) is 38.0 Å². The molecule has 0 radical (unpaired) electrons. The Balaban J connectivity index is 1.46. The Morgan fingerprint density at radius 3 is 2.83 bits per heavy atom. The highest BCUT2D eigenvalue weighted by atomic mass is 16.5. The topological polar surface area (TPSA) is 67.5 Å². The van der Waals surface area contributed by atoms with Crippen molar-refractivity contribution in [2.75, 3.05) is 26.3 Å². The van der Waals surface area contributed by atoms with Crippen LogP contribution in [0.2, 0.25) is 0 Å². The molecule has 1 aromatic rings. The average Bonchev–Trinajstić information content (AvgIpc) is 3.11. The highest BCUT2D eigenvalue weighted by Crippen LogP contribution is 2.22. The molecule has 0 saturated carbocycles. The molecule has 1 atom stereocenters. The minimum absolute atomic E-state index is 0.0847. The lowest BCUT2D eigenvalue weighted by atomic mass is 10.0. The van der Waals surface area contributed by atoms with Crippen molar-refractivity contribution in [2.24, 2.45) is 0 Å². The van der Waals surface area contributed by atoms with Crippen molar-refractivity contribution in [3.05, 3.63) is 17.5 Å². The van der Waals surface area contributed by atoms with Gasteiger partial charge in [-0.25, -0.2) is 0 Å². The van der Waals surface area contributed by atoms with Crippen LogP contribution in [0.25, 0.3) is 0 Å². The van der Waals surface area contributed by atoms with Gasteiger partial charge in [-0.3, -0.25) is 9.89 Å². The second-order valence-corrected chi connectivity index (χ2v) is 7.17. The molecule has 134 valence electrons. The monoisotopic (exact) mass is 335 g/mol. The number of H-pyrrole nitrogens is 1. The maximum atomic E-state index is 12.7. The fraction of sp³-hybridized carbons (Fsp3) is 0.778. The Bertz CT molecular complexity index is 529. The minimum atomic E-state index is 0.0847. The van der Waals surface area contributed by atoms with Crippen molar-refractivity contribution in [1.29, 1.82) is 0 Å². The molecular weight excluding hydrogens is 306 g/mol. The van der Waals surface area contributed by atoms with Gasteiger partial charge in [0.05, 0.1) is 36.3 Å². The summed E-state index contributed by atoms with van der Waals surface area (Å²) < 4.78 is 11.7. The number of hydrogen-bond acceptors (Lipinski definition) is 4. The average molecular weight is 335 g/mol. The Hall–Kier alpha value is -1.40. The molecule has 2 fully saturated rings. The molecule has 3 rings (SSSR count). The van der Waals surface area contributed by atoms with Crippen molar-refractivity contribution in [3.8, 4) is 0 Å². The van der Waals surface area contributed by atoms with E-state index < -0.39 is 0 Å². The first-order valence-electron chi connectivity index (χ1n) is 9.21. The Kier molecular flexibility index (Phi) is 5.89. The van der Waals surface area contributed by atoms with Crippen molar-refractivity contribution in [2.45, 2.75) is 64.1 Å². The number of nitrogens with zero attached hydrogens (tertiary/aromatic N) is 2. The second kappa shape index (κ2) is 8.12. The molecule has 2 saturated heterocycles. The van der Waals surface area contributed by atoms with E-state index in [2.05, 4.69) is 24.0 Å². The van der Waals surface area contributed by atoms with E-state index in [9.17, 15) is 4.79 Å². The number of likely N-dealkylation sites (tertiary alicyclic amines) is 1. The second-order valence-electron chi connectivity index (χ2n) is 7.17. The molecule has 0 bridgehead atoms. The van der Waals surface area contributed by atoms with Crippen LogP contribution in [0, 0.1) is 0 Å². The molecule has 0 aromatic carbocycles. The van der Waals surface area contributed by atoms with Crippen LogP contribution in [-0.4, -0.2) is 59.5 Å². The highest BCUT2D eigenvalue weighted by Gasteiger charge is 2.27. The first kappa shape index (κ1) is 17.4. The molecule has 2 aliphatic heterocycles. The van der Waals surface area contributed by atoms with Crippen LogP contribution in [0.1, 0.15) is 67.9 Å². The lowest BCUT2D eigenvalue weighted by molar-refractivity contribution is -0.0733. The Morgan fingerprint density at radius 1 is 1.38 bits per heavy atom. The summed E-state index contributed by atoms with van der Waals surface area (Å²) in [6.45, 7) is 7.19. The van der Waals surface area contributed by atoms with Crippen LogP contribution in [0.4, 0.5) is 0 Å². The molecule has 0 aliphatic carbocycles. The lowest BCUT2D eigenvalue weighted by Crippen LogP contribution is -2.42. The number of carbonyl (C=O) groups is 1. The van der Waals surface area contributed by atoms with E-state index in [4.69, 9.17) is 9.47 Å². The zero-order valence-electron chi connectivity index (χ0n) is 14.8. The van der Waals surface area contributed by atoms with Crippen molar-refractivity contribution in [3.63, 3.8) is 0 Å². The van der Waals surface area contributed by atoms with Gasteiger partial charge in [0.25, 0.3) is 5.91 Å². The van der Waals surface area contributed by atoms with Crippen LogP contribution in [-0.2, 0) is 9.47 Å². The number of aromatic amines is 1. The summed E-state index contributed by atoms with van der Waals surface area (Å²) in [5, 5.41) is 7.00. The van der Waals surface area contributed by atoms with E-state index in [1.165, 1.54) is 12.8 Å². The predicted octanol–water partition coefficient (Wildman–Crippen LogP) is 2.72.